The largest absolute Gasteiger partial charge is 0.349 e. The molecule has 1 amide bonds. The number of nitrogens with zero attached hydrogens (tertiary/aromatic N) is 2. The fraction of sp³-hybridized carbons (Fsp3) is 0.429. The number of aliphatic imine (C=N–C) groups is 1. The van der Waals surface area contributed by atoms with Crippen molar-refractivity contribution in [2.24, 2.45) is 4.99 Å². The van der Waals surface area contributed by atoms with Crippen LogP contribution in [0.15, 0.2) is 29.3 Å². The van der Waals surface area contributed by atoms with Gasteiger partial charge in [0, 0.05) is 17.3 Å². The minimum atomic E-state index is -2.96. The zero-order valence-corrected chi connectivity index (χ0v) is 14.3. The molecule has 2 atom stereocenters. The van der Waals surface area contributed by atoms with E-state index in [-0.39, 0.29) is 35.1 Å². The van der Waals surface area contributed by atoms with Crippen molar-refractivity contribution in [1.82, 2.24) is 4.90 Å². The number of hydrogen-bond donors (Lipinski definition) is 0. The molecule has 8 heteroatoms. The summed E-state index contributed by atoms with van der Waals surface area (Å²) < 4.78 is 23.3. The Kier molecular flexibility index (Phi) is 4.22. The first-order chi connectivity index (χ1) is 10.4. The van der Waals surface area contributed by atoms with E-state index in [0.717, 1.165) is 5.56 Å². The van der Waals surface area contributed by atoms with Gasteiger partial charge in [0.05, 0.1) is 24.0 Å². The molecule has 2 unspecified atom stereocenters. The number of sulfone groups is 1. The second-order valence-electron chi connectivity index (χ2n) is 5.47. The van der Waals surface area contributed by atoms with Crippen LogP contribution in [0.2, 0.25) is 5.02 Å². The Hall–Kier alpha value is -1.05. The minimum Gasteiger partial charge on any atom is -0.349 e. The van der Waals surface area contributed by atoms with Crippen molar-refractivity contribution in [2.75, 3.05) is 18.6 Å². The standard InChI is InChI=1S/C14H15ClN2O3S2/c1-17-11-7-22(19,20)8-12(11)21-14(17)16-13(18)6-9-4-2-3-5-10(9)15/h2-5,11-12H,6-8H2,1H3. The fourth-order valence-corrected chi connectivity index (χ4v) is 6.90. The highest BCUT2D eigenvalue weighted by Gasteiger charge is 2.47. The SMILES string of the molecule is CN1C(=NC(=O)Cc2ccccc2Cl)SC2CS(=O)(=O)CC21. The molecule has 0 aliphatic carbocycles. The van der Waals surface area contributed by atoms with Gasteiger partial charge < -0.3 is 4.90 Å². The molecule has 0 spiro atoms. The van der Waals surface area contributed by atoms with Crippen LogP contribution >= 0.6 is 23.4 Å². The van der Waals surface area contributed by atoms with Crippen LogP contribution in [0.5, 0.6) is 0 Å². The van der Waals surface area contributed by atoms with Gasteiger partial charge in [-0.05, 0) is 11.6 Å². The van der Waals surface area contributed by atoms with Crippen LogP contribution in [0.25, 0.3) is 0 Å². The van der Waals surface area contributed by atoms with Crippen molar-refractivity contribution in [3.63, 3.8) is 0 Å². The van der Waals surface area contributed by atoms with Crippen molar-refractivity contribution >= 4 is 44.3 Å². The number of carbonyl (C=O) groups is 1. The van der Waals surface area contributed by atoms with Crippen molar-refractivity contribution in [3.05, 3.63) is 34.9 Å². The van der Waals surface area contributed by atoms with Gasteiger partial charge in [-0.2, -0.15) is 4.99 Å². The minimum absolute atomic E-state index is 0.0261. The monoisotopic (exact) mass is 358 g/mol. The van der Waals surface area contributed by atoms with Gasteiger partial charge in [0.1, 0.15) is 0 Å². The second-order valence-corrected chi connectivity index (χ2v) is 9.24. The molecule has 2 fully saturated rings. The number of hydrogen-bond acceptors (Lipinski definition) is 4. The Morgan fingerprint density at radius 1 is 1.41 bits per heavy atom. The Labute approximate surface area is 138 Å². The molecule has 2 aliphatic rings. The number of halogens is 1. The van der Waals surface area contributed by atoms with Gasteiger partial charge in [0.2, 0.25) is 0 Å². The average Bonchev–Trinajstić information content (AvgIpc) is 2.87. The molecular formula is C14H15ClN2O3S2. The first kappa shape index (κ1) is 15.8. The molecule has 118 valence electrons. The van der Waals surface area contributed by atoms with Gasteiger partial charge in [0.25, 0.3) is 5.91 Å². The maximum absolute atomic E-state index is 12.1. The van der Waals surface area contributed by atoms with E-state index in [9.17, 15) is 13.2 Å². The number of carbonyl (C=O) groups excluding carboxylic acids is 1. The molecule has 3 rings (SSSR count). The highest BCUT2D eigenvalue weighted by Crippen LogP contribution is 2.37. The Bertz CT molecular complexity index is 748. The Balaban J connectivity index is 1.72. The van der Waals surface area contributed by atoms with Crippen LogP contribution in [0.4, 0.5) is 0 Å². The summed E-state index contributed by atoms with van der Waals surface area (Å²) in [6, 6.07) is 7.09. The van der Waals surface area contributed by atoms with E-state index < -0.39 is 9.84 Å². The Morgan fingerprint density at radius 3 is 2.82 bits per heavy atom. The van der Waals surface area contributed by atoms with E-state index in [4.69, 9.17) is 11.6 Å². The number of benzene rings is 1. The van der Waals surface area contributed by atoms with Crippen molar-refractivity contribution < 1.29 is 13.2 Å². The average molecular weight is 359 g/mol. The van der Waals surface area contributed by atoms with Crippen LogP contribution in [0.1, 0.15) is 5.56 Å². The van der Waals surface area contributed by atoms with Gasteiger partial charge >= 0.3 is 0 Å². The van der Waals surface area contributed by atoms with Gasteiger partial charge in [-0.3, -0.25) is 4.79 Å². The molecule has 0 aromatic heterocycles. The summed E-state index contributed by atoms with van der Waals surface area (Å²) in [6.07, 6.45) is 0.144. The topological polar surface area (TPSA) is 66.8 Å². The smallest absolute Gasteiger partial charge is 0.252 e. The first-order valence-corrected chi connectivity index (χ1v) is 9.88. The molecule has 1 aromatic carbocycles. The van der Waals surface area contributed by atoms with E-state index in [1.165, 1.54) is 11.8 Å². The van der Waals surface area contributed by atoms with E-state index >= 15 is 0 Å². The highest BCUT2D eigenvalue weighted by atomic mass is 35.5. The highest BCUT2D eigenvalue weighted by molar-refractivity contribution is 8.15. The third-order valence-electron chi connectivity index (χ3n) is 3.85. The summed E-state index contributed by atoms with van der Waals surface area (Å²) in [5.41, 5.74) is 0.743. The maximum atomic E-state index is 12.1. The molecule has 0 saturated carbocycles. The lowest BCUT2D eigenvalue weighted by Gasteiger charge is -2.17. The third-order valence-corrected chi connectivity index (χ3v) is 7.52. The predicted octanol–water partition coefficient (Wildman–Crippen LogP) is 1.61. The molecule has 2 heterocycles. The third kappa shape index (κ3) is 3.16. The van der Waals surface area contributed by atoms with Gasteiger partial charge in [0.15, 0.2) is 15.0 Å². The molecule has 5 nitrogen and oxygen atoms in total. The molecular weight excluding hydrogens is 344 g/mol. The number of thioether (sulfide) groups is 1. The van der Waals surface area contributed by atoms with Crippen molar-refractivity contribution in [3.8, 4) is 0 Å². The van der Waals surface area contributed by atoms with Crippen LogP contribution in [0.3, 0.4) is 0 Å². The van der Waals surface area contributed by atoms with Crippen LogP contribution in [0, 0.1) is 0 Å². The summed E-state index contributed by atoms with van der Waals surface area (Å²) in [5, 5.41) is 1.12. The molecule has 0 bridgehead atoms. The summed E-state index contributed by atoms with van der Waals surface area (Å²) in [6.45, 7) is 0. The molecule has 2 aliphatic heterocycles. The maximum Gasteiger partial charge on any atom is 0.252 e. The summed E-state index contributed by atoms with van der Waals surface area (Å²) in [5.74, 6) is 0.0220. The predicted molar refractivity (Wildman–Crippen MR) is 89.2 cm³/mol. The van der Waals surface area contributed by atoms with Crippen molar-refractivity contribution in [1.29, 1.82) is 0 Å². The molecule has 1 aromatic rings. The van der Waals surface area contributed by atoms with E-state index in [1.807, 2.05) is 17.0 Å². The van der Waals surface area contributed by atoms with Gasteiger partial charge in [-0.15, -0.1) is 0 Å². The number of amides is 1. The quantitative estimate of drug-likeness (QED) is 0.803. The van der Waals surface area contributed by atoms with Gasteiger partial charge in [-0.25, -0.2) is 8.42 Å². The van der Waals surface area contributed by atoms with E-state index in [1.54, 1.807) is 19.2 Å². The number of fused-ring (bicyclic) bond motifs is 1. The lowest BCUT2D eigenvalue weighted by atomic mass is 10.1. The molecule has 0 radical (unpaired) electrons. The van der Waals surface area contributed by atoms with E-state index in [0.29, 0.717) is 10.2 Å². The van der Waals surface area contributed by atoms with Crippen molar-refractivity contribution in [2.45, 2.75) is 17.7 Å². The molecule has 0 N–H and O–H groups in total. The zero-order valence-electron chi connectivity index (χ0n) is 11.9. The van der Waals surface area contributed by atoms with Gasteiger partial charge in [-0.1, -0.05) is 41.6 Å². The fourth-order valence-electron chi connectivity index (χ4n) is 2.69. The lowest BCUT2D eigenvalue weighted by molar-refractivity contribution is -0.117. The first-order valence-electron chi connectivity index (χ1n) is 6.80. The normalized spacial score (nSPS) is 28.1. The molecule has 2 saturated heterocycles. The van der Waals surface area contributed by atoms with Crippen LogP contribution in [-0.2, 0) is 21.1 Å². The zero-order chi connectivity index (χ0) is 15.9. The summed E-state index contributed by atoms with van der Waals surface area (Å²) in [4.78, 5) is 18.1. The number of rotatable bonds is 2. The second kappa shape index (κ2) is 5.86. The Morgan fingerprint density at radius 2 is 2.14 bits per heavy atom. The van der Waals surface area contributed by atoms with Crippen LogP contribution < -0.4 is 0 Å². The molecule has 22 heavy (non-hydrogen) atoms. The summed E-state index contributed by atoms with van der Waals surface area (Å²) in [7, 11) is -1.17. The van der Waals surface area contributed by atoms with Crippen LogP contribution in [-0.4, -0.2) is 54.2 Å². The van der Waals surface area contributed by atoms with E-state index in [2.05, 4.69) is 4.99 Å². The lowest BCUT2D eigenvalue weighted by Crippen LogP contribution is -2.34. The summed E-state index contributed by atoms with van der Waals surface area (Å²) >= 11 is 7.42. The number of amidine groups is 1.